The number of hydrogen-bond donors (Lipinski definition) is 1. The van der Waals surface area contributed by atoms with E-state index in [0.29, 0.717) is 12.3 Å². The highest BCUT2D eigenvalue weighted by Gasteiger charge is 2.53. The first-order valence-electron chi connectivity index (χ1n) is 15.4. The molecule has 264 valence electrons. The minimum absolute atomic E-state index is 0.0691. The number of ketones is 1. The summed E-state index contributed by atoms with van der Waals surface area (Å²) >= 11 is 0. The van der Waals surface area contributed by atoms with E-state index in [1.165, 1.54) is 31.2 Å². The van der Waals surface area contributed by atoms with Crippen molar-refractivity contribution >= 4 is 35.6 Å². The molecule has 1 heterocycles. The lowest BCUT2D eigenvalue weighted by molar-refractivity contribution is -0.309. The van der Waals surface area contributed by atoms with Gasteiger partial charge in [0.1, 0.15) is 18.8 Å². The number of hydrogen-bond acceptors (Lipinski definition) is 14. The standard InChI is InChI=1S/C33H49NO13/c1-19(2)12-11-13-20(3)16-26(40)14-9-10-15-28(43-22(5)36)27(34)17-42-33-32(46-25(8)39)31(45-24(7)38)30(44-23(6)37)29(47-33)18-41-21(4)35/h9-12,14-15,19-20,27-33H,13,16-18,34H2,1-8H3/b12-11+,14-9+,15-10+/t20-,27+,28+,29-,30-,31+,32-,33-/m1/s1. The summed E-state index contributed by atoms with van der Waals surface area (Å²) in [5.41, 5.74) is 6.31. The zero-order chi connectivity index (χ0) is 35.7. The van der Waals surface area contributed by atoms with Crippen molar-refractivity contribution in [2.24, 2.45) is 17.6 Å². The maximum absolute atomic E-state index is 12.4. The fourth-order valence-corrected chi connectivity index (χ4v) is 4.50. The third-order valence-electron chi connectivity index (χ3n) is 6.43. The number of carbonyl (C=O) groups excluding carboxylic acids is 6. The summed E-state index contributed by atoms with van der Waals surface area (Å²) < 4.78 is 38.2. The highest BCUT2D eigenvalue weighted by atomic mass is 16.7. The number of ether oxygens (including phenoxy) is 7. The molecule has 0 radical (unpaired) electrons. The smallest absolute Gasteiger partial charge is 0.303 e. The average Bonchev–Trinajstić information content (AvgIpc) is 2.93. The molecule has 47 heavy (non-hydrogen) atoms. The third kappa shape index (κ3) is 17.0. The molecule has 1 saturated heterocycles. The van der Waals surface area contributed by atoms with Crippen LogP contribution in [-0.2, 0) is 61.9 Å². The Hall–Kier alpha value is -3.88. The number of rotatable bonds is 18. The lowest BCUT2D eigenvalue weighted by atomic mass is 9.98. The lowest BCUT2D eigenvalue weighted by Crippen LogP contribution is -2.63. The van der Waals surface area contributed by atoms with Gasteiger partial charge in [-0.15, -0.1) is 0 Å². The van der Waals surface area contributed by atoms with Crippen LogP contribution in [0.2, 0.25) is 0 Å². The van der Waals surface area contributed by atoms with Crippen LogP contribution in [0.25, 0.3) is 0 Å². The van der Waals surface area contributed by atoms with E-state index in [4.69, 9.17) is 38.9 Å². The van der Waals surface area contributed by atoms with Crippen molar-refractivity contribution in [2.75, 3.05) is 13.2 Å². The van der Waals surface area contributed by atoms with Gasteiger partial charge in [-0.3, -0.25) is 28.8 Å². The van der Waals surface area contributed by atoms with Gasteiger partial charge in [0, 0.05) is 41.0 Å². The van der Waals surface area contributed by atoms with Gasteiger partial charge in [0.25, 0.3) is 0 Å². The van der Waals surface area contributed by atoms with E-state index in [1.54, 1.807) is 0 Å². The van der Waals surface area contributed by atoms with Gasteiger partial charge < -0.3 is 38.9 Å². The van der Waals surface area contributed by atoms with Crippen LogP contribution in [-0.4, -0.2) is 91.7 Å². The molecule has 8 atom stereocenters. The predicted octanol–water partition coefficient (Wildman–Crippen LogP) is 2.66. The van der Waals surface area contributed by atoms with Crippen LogP contribution in [0.3, 0.4) is 0 Å². The lowest BCUT2D eigenvalue weighted by Gasteiger charge is -2.44. The van der Waals surface area contributed by atoms with Crippen LogP contribution in [0, 0.1) is 11.8 Å². The van der Waals surface area contributed by atoms with Crippen molar-refractivity contribution in [3.8, 4) is 0 Å². The second kappa shape index (κ2) is 21.1. The van der Waals surface area contributed by atoms with Gasteiger partial charge in [-0.2, -0.15) is 0 Å². The summed E-state index contributed by atoms with van der Waals surface area (Å²) in [4.78, 5) is 71.7. The molecule has 14 nitrogen and oxygen atoms in total. The molecule has 0 amide bonds. The van der Waals surface area contributed by atoms with Crippen LogP contribution in [0.4, 0.5) is 0 Å². The normalized spacial score (nSPS) is 23.3. The largest absolute Gasteiger partial charge is 0.463 e. The molecule has 0 unspecified atom stereocenters. The van der Waals surface area contributed by atoms with Crippen LogP contribution in [0.5, 0.6) is 0 Å². The fourth-order valence-electron chi connectivity index (χ4n) is 4.50. The first-order valence-corrected chi connectivity index (χ1v) is 15.4. The Morgan fingerprint density at radius 3 is 1.91 bits per heavy atom. The Kier molecular flexibility index (Phi) is 18.5. The monoisotopic (exact) mass is 667 g/mol. The van der Waals surface area contributed by atoms with Gasteiger partial charge in [-0.1, -0.05) is 45.1 Å². The zero-order valence-corrected chi connectivity index (χ0v) is 28.4. The Labute approximate surface area is 275 Å². The molecule has 0 saturated carbocycles. The molecular formula is C33H49NO13. The molecule has 1 aliphatic heterocycles. The predicted molar refractivity (Wildman–Crippen MR) is 167 cm³/mol. The Balaban J connectivity index is 3.13. The maximum atomic E-state index is 12.4. The molecule has 2 N–H and O–H groups in total. The minimum atomic E-state index is -1.46. The second-order valence-corrected chi connectivity index (χ2v) is 11.6. The van der Waals surface area contributed by atoms with Crippen molar-refractivity contribution < 1.29 is 61.9 Å². The zero-order valence-electron chi connectivity index (χ0n) is 28.4. The first-order chi connectivity index (χ1) is 22.0. The van der Waals surface area contributed by atoms with E-state index in [9.17, 15) is 28.8 Å². The summed E-state index contributed by atoms with van der Waals surface area (Å²) in [5.74, 6) is -3.12. The van der Waals surface area contributed by atoms with Crippen LogP contribution in [0.1, 0.15) is 68.2 Å². The van der Waals surface area contributed by atoms with E-state index in [2.05, 4.69) is 26.0 Å². The van der Waals surface area contributed by atoms with Crippen LogP contribution in [0.15, 0.2) is 36.5 Å². The van der Waals surface area contributed by atoms with Gasteiger partial charge in [-0.25, -0.2) is 0 Å². The van der Waals surface area contributed by atoms with Crippen molar-refractivity contribution in [1.29, 1.82) is 0 Å². The molecule has 1 fully saturated rings. The number of allylic oxidation sites excluding steroid dienone is 5. The van der Waals surface area contributed by atoms with Gasteiger partial charge in [0.15, 0.2) is 30.4 Å². The molecule has 0 spiro atoms. The molecule has 0 aromatic rings. The Morgan fingerprint density at radius 1 is 0.766 bits per heavy atom. The number of esters is 5. The van der Waals surface area contributed by atoms with Crippen molar-refractivity contribution in [3.63, 3.8) is 0 Å². The van der Waals surface area contributed by atoms with E-state index >= 15 is 0 Å². The quantitative estimate of drug-likeness (QED) is 0.0737. The summed E-state index contributed by atoms with van der Waals surface area (Å²) in [5, 5.41) is 0. The third-order valence-corrected chi connectivity index (χ3v) is 6.43. The van der Waals surface area contributed by atoms with Gasteiger partial charge in [0.05, 0.1) is 12.6 Å². The van der Waals surface area contributed by atoms with E-state index < -0.39 is 79.3 Å². The SMILES string of the molecule is CC(=O)OC[C@H]1O[C@@H](OC[C@H](N)[C@H](/C=C/C=C/C(=O)C[C@H](C)C/C=C/C(C)C)OC(C)=O)[C@H](OC(C)=O)[C@@H](OC(C)=O)[C@@H]1OC(C)=O. The highest BCUT2D eigenvalue weighted by Crippen LogP contribution is 2.30. The molecule has 0 aromatic heterocycles. The average molecular weight is 668 g/mol. The summed E-state index contributed by atoms with van der Waals surface area (Å²) in [6.45, 7) is 11.0. The Morgan fingerprint density at radius 2 is 1.36 bits per heavy atom. The molecule has 0 aliphatic carbocycles. The van der Waals surface area contributed by atoms with Gasteiger partial charge in [0.2, 0.25) is 0 Å². The van der Waals surface area contributed by atoms with E-state index in [-0.39, 0.29) is 18.3 Å². The maximum Gasteiger partial charge on any atom is 0.303 e. The number of carbonyl (C=O) groups is 6. The summed E-state index contributed by atoms with van der Waals surface area (Å²) in [6.07, 6.45) is 3.35. The second-order valence-electron chi connectivity index (χ2n) is 11.6. The molecule has 0 aromatic carbocycles. The van der Waals surface area contributed by atoms with Crippen LogP contribution >= 0.6 is 0 Å². The topological polar surface area (TPSA) is 193 Å². The molecule has 14 heteroatoms. The molecular weight excluding hydrogens is 618 g/mol. The van der Waals surface area contributed by atoms with Gasteiger partial charge >= 0.3 is 29.8 Å². The number of nitrogens with two attached hydrogens (primary N) is 1. The summed E-state index contributed by atoms with van der Waals surface area (Å²) in [6, 6.07) is -1.00. The summed E-state index contributed by atoms with van der Waals surface area (Å²) in [7, 11) is 0. The molecule has 1 rings (SSSR count). The first kappa shape index (κ1) is 41.1. The molecule has 1 aliphatic rings. The van der Waals surface area contributed by atoms with E-state index in [1.807, 2.05) is 6.92 Å². The van der Waals surface area contributed by atoms with E-state index in [0.717, 1.165) is 34.1 Å². The highest BCUT2D eigenvalue weighted by molar-refractivity contribution is 5.90. The van der Waals surface area contributed by atoms with Crippen molar-refractivity contribution in [2.45, 2.75) is 111 Å². The molecule has 0 bridgehead atoms. The Bertz CT molecular complexity index is 1160. The minimum Gasteiger partial charge on any atom is -0.463 e. The fraction of sp³-hybridized carbons (Fsp3) is 0.636. The van der Waals surface area contributed by atoms with Crippen molar-refractivity contribution in [1.82, 2.24) is 0 Å². The van der Waals surface area contributed by atoms with Crippen molar-refractivity contribution in [3.05, 3.63) is 36.5 Å². The van der Waals surface area contributed by atoms with Gasteiger partial charge in [-0.05, 0) is 30.4 Å². The van der Waals surface area contributed by atoms with Crippen LogP contribution < -0.4 is 5.73 Å².